The van der Waals surface area contributed by atoms with E-state index in [2.05, 4.69) is 0 Å². The first-order chi connectivity index (χ1) is 10.1. The highest BCUT2D eigenvalue weighted by atomic mass is 32.2. The van der Waals surface area contributed by atoms with Crippen LogP contribution in [0.4, 0.5) is 0 Å². The number of rotatable bonds is 6. The van der Waals surface area contributed by atoms with E-state index >= 15 is 0 Å². The molecule has 110 valence electrons. The summed E-state index contributed by atoms with van der Waals surface area (Å²) in [6.45, 7) is 0.594. The van der Waals surface area contributed by atoms with E-state index in [1.807, 2.05) is 12.1 Å². The van der Waals surface area contributed by atoms with E-state index in [-0.39, 0.29) is 6.73 Å². The minimum atomic E-state index is -1.30. The Hall–Kier alpha value is -2.02. The Bertz CT molecular complexity index is 639. The molecule has 4 N–H and O–H groups in total. The summed E-state index contributed by atoms with van der Waals surface area (Å²) in [6, 6.07) is 13.7. The van der Waals surface area contributed by atoms with Gasteiger partial charge in [0.2, 0.25) is 5.91 Å². The molecule has 1 unspecified atom stereocenters. The van der Waals surface area contributed by atoms with Gasteiger partial charge in [0.1, 0.15) is 0 Å². The minimum absolute atomic E-state index is 0.167. The number of hydrogen-bond acceptors (Lipinski definition) is 4. The molecule has 1 atom stereocenters. The third-order valence-electron chi connectivity index (χ3n) is 2.88. The molecular weight excluding hydrogens is 288 g/mol. The summed E-state index contributed by atoms with van der Waals surface area (Å²) in [5.41, 5.74) is 11.8. The molecule has 2 rings (SSSR count). The van der Waals surface area contributed by atoms with Crippen LogP contribution >= 0.6 is 0 Å². The molecule has 0 aliphatic carbocycles. The average molecular weight is 304 g/mol. The third-order valence-corrected chi connectivity index (χ3v) is 4.28. The van der Waals surface area contributed by atoms with Gasteiger partial charge < -0.3 is 16.2 Å². The monoisotopic (exact) mass is 304 g/mol. The van der Waals surface area contributed by atoms with Crippen molar-refractivity contribution < 1.29 is 13.7 Å². The second-order valence-electron chi connectivity index (χ2n) is 4.32. The van der Waals surface area contributed by atoms with E-state index in [9.17, 15) is 9.00 Å². The maximum absolute atomic E-state index is 12.4. The molecule has 0 saturated carbocycles. The van der Waals surface area contributed by atoms with E-state index < -0.39 is 16.7 Å². The second-order valence-corrected chi connectivity index (χ2v) is 5.80. The van der Waals surface area contributed by atoms with Crippen molar-refractivity contribution in [2.75, 3.05) is 6.73 Å². The quantitative estimate of drug-likeness (QED) is 0.788. The lowest BCUT2D eigenvalue weighted by Gasteiger charge is -2.05. The van der Waals surface area contributed by atoms with E-state index in [4.69, 9.17) is 16.2 Å². The van der Waals surface area contributed by atoms with Crippen LogP contribution in [0, 0.1) is 0 Å². The molecule has 2 aromatic rings. The Balaban J connectivity index is 2.13. The Kier molecular flexibility index (Phi) is 5.21. The lowest BCUT2D eigenvalue weighted by molar-refractivity contribution is 0.1000. The zero-order valence-corrected chi connectivity index (χ0v) is 12.1. The fourth-order valence-electron chi connectivity index (χ4n) is 1.76. The highest BCUT2D eigenvalue weighted by Gasteiger charge is 2.08. The van der Waals surface area contributed by atoms with Gasteiger partial charge in [-0.15, -0.1) is 0 Å². The van der Waals surface area contributed by atoms with Gasteiger partial charge in [-0.05, 0) is 42.0 Å². The number of benzene rings is 2. The topological polar surface area (TPSA) is 95.4 Å². The van der Waals surface area contributed by atoms with Gasteiger partial charge >= 0.3 is 0 Å². The Morgan fingerprint density at radius 2 is 1.52 bits per heavy atom. The van der Waals surface area contributed by atoms with Crippen LogP contribution in [0.15, 0.2) is 58.3 Å². The zero-order chi connectivity index (χ0) is 15.2. The maximum atomic E-state index is 12.4. The molecule has 0 saturated heterocycles. The number of amides is 1. The van der Waals surface area contributed by atoms with Crippen molar-refractivity contribution >= 4 is 16.7 Å². The number of primary amides is 1. The lowest BCUT2D eigenvalue weighted by Crippen LogP contribution is -2.10. The number of carbonyl (C=O) groups is 1. The van der Waals surface area contributed by atoms with Crippen LogP contribution in [0.25, 0.3) is 0 Å². The number of nitrogens with two attached hydrogens (primary N) is 2. The van der Waals surface area contributed by atoms with Crippen molar-refractivity contribution in [2.45, 2.75) is 16.4 Å². The SMILES string of the molecule is NCOCc1ccc(S(=O)c2ccc(C(N)=O)cc2)cc1. The Labute approximate surface area is 125 Å². The molecule has 0 aliphatic rings. The smallest absolute Gasteiger partial charge is 0.248 e. The molecule has 6 heteroatoms. The van der Waals surface area contributed by atoms with Gasteiger partial charge in [-0.1, -0.05) is 12.1 Å². The normalized spacial score (nSPS) is 12.0. The van der Waals surface area contributed by atoms with E-state index in [1.165, 1.54) is 0 Å². The first kappa shape index (κ1) is 15.4. The van der Waals surface area contributed by atoms with Crippen molar-refractivity contribution in [2.24, 2.45) is 11.5 Å². The molecule has 0 aliphatic heterocycles. The number of carbonyl (C=O) groups excluding carboxylic acids is 1. The molecule has 0 aromatic heterocycles. The standard InChI is InChI=1S/C15H16N2O3S/c16-10-20-9-11-1-5-13(6-2-11)21(19)14-7-3-12(4-8-14)15(17)18/h1-8H,9-10,16H2,(H2,17,18). The largest absolute Gasteiger partial charge is 0.366 e. The van der Waals surface area contributed by atoms with Crippen LogP contribution in [-0.2, 0) is 22.1 Å². The van der Waals surface area contributed by atoms with Crippen molar-refractivity contribution in [1.29, 1.82) is 0 Å². The molecule has 0 radical (unpaired) electrons. The number of ether oxygens (including phenoxy) is 1. The van der Waals surface area contributed by atoms with E-state index in [0.717, 1.165) is 5.56 Å². The van der Waals surface area contributed by atoms with Crippen LogP contribution in [-0.4, -0.2) is 16.8 Å². The van der Waals surface area contributed by atoms with Crippen molar-refractivity contribution in [3.05, 3.63) is 59.7 Å². The van der Waals surface area contributed by atoms with Crippen LogP contribution in [0.2, 0.25) is 0 Å². The average Bonchev–Trinajstić information content (AvgIpc) is 2.53. The zero-order valence-electron chi connectivity index (χ0n) is 11.3. The summed E-state index contributed by atoms with van der Waals surface area (Å²) in [6.07, 6.45) is 0. The van der Waals surface area contributed by atoms with Crippen molar-refractivity contribution in [3.8, 4) is 0 Å². The molecule has 0 fully saturated rings. The van der Waals surface area contributed by atoms with Gasteiger partial charge in [0.05, 0.1) is 24.1 Å². The molecule has 2 aromatic carbocycles. The Morgan fingerprint density at radius 3 is 2.00 bits per heavy atom. The third kappa shape index (κ3) is 3.98. The van der Waals surface area contributed by atoms with Gasteiger partial charge in [-0.3, -0.25) is 4.79 Å². The second kappa shape index (κ2) is 7.12. The Morgan fingerprint density at radius 1 is 1.00 bits per heavy atom. The van der Waals surface area contributed by atoms with Crippen LogP contribution in [0.1, 0.15) is 15.9 Å². The fraction of sp³-hybridized carbons (Fsp3) is 0.133. The summed E-state index contributed by atoms with van der Waals surface area (Å²) >= 11 is 0. The molecule has 21 heavy (non-hydrogen) atoms. The predicted octanol–water partition coefficient (Wildman–Crippen LogP) is 1.38. The van der Waals surface area contributed by atoms with Gasteiger partial charge in [0, 0.05) is 15.4 Å². The van der Waals surface area contributed by atoms with E-state index in [0.29, 0.717) is 22.0 Å². The van der Waals surface area contributed by atoms with Gasteiger partial charge in [0.25, 0.3) is 0 Å². The summed E-state index contributed by atoms with van der Waals surface area (Å²) in [4.78, 5) is 12.3. The van der Waals surface area contributed by atoms with E-state index in [1.54, 1.807) is 36.4 Å². The molecule has 0 spiro atoms. The summed E-state index contributed by atoms with van der Waals surface area (Å²) in [7, 11) is -1.30. The highest BCUT2D eigenvalue weighted by Crippen LogP contribution is 2.18. The highest BCUT2D eigenvalue weighted by molar-refractivity contribution is 7.85. The molecular formula is C15H16N2O3S. The molecule has 0 heterocycles. The van der Waals surface area contributed by atoms with Gasteiger partial charge in [-0.25, -0.2) is 4.21 Å². The first-order valence-electron chi connectivity index (χ1n) is 6.30. The first-order valence-corrected chi connectivity index (χ1v) is 7.45. The molecule has 5 nitrogen and oxygen atoms in total. The minimum Gasteiger partial charge on any atom is -0.366 e. The van der Waals surface area contributed by atoms with Crippen LogP contribution in [0.3, 0.4) is 0 Å². The predicted molar refractivity (Wildman–Crippen MR) is 79.9 cm³/mol. The lowest BCUT2D eigenvalue weighted by atomic mass is 10.2. The summed E-state index contributed by atoms with van der Waals surface area (Å²) < 4.78 is 17.5. The van der Waals surface area contributed by atoms with Gasteiger partial charge in [0.15, 0.2) is 0 Å². The van der Waals surface area contributed by atoms with Crippen LogP contribution < -0.4 is 11.5 Å². The fourth-order valence-corrected chi connectivity index (χ4v) is 2.80. The maximum Gasteiger partial charge on any atom is 0.248 e. The van der Waals surface area contributed by atoms with Crippen molar-refractivity contribution in [3.63, 3.8) is 0 Å². The van der Waals surface area contributed by atoms with Crippen molar-refractivity contribution in [1.82, 2.24) is 0 Å². The number of hydrogen-bond donors (Lipinski definition) is 2. The molecule has 1 amide bonds. The summed E-state index contributed by atoms with van der Waals surface area (Å²) in [5.74, 6) is -0.503. The summed E-state index contributed by atoms with van der Waals surface area (Å²) in [5, 5.41) is 0. The van der Waals surface area contributed by atoms with Crippen LogP contribution in [0.5, 0.6) is 0 Å². The molecule has 0 bridgehead atoms. The van der Waals surface area contributed by atoms with Gasteiger partial charge in [-0.2, -0.15) is 0 Å².